The molecule has 7 nitrogen and oxygen atoms in total. The van der Waals surface area contributed by atoms with Crippen LogP contribution in [0.1, 0.15) is 48.3 Å². The van der Waals surface area contributed by atoms with Gasteiger partial charge in [0.15, 0.2) is 5.96 Å². The normalized spacial score (nSPS) is 20.3. The topological polar surface area (TPSA) is 88.9 Å². The lowest BCUT2D eigenvalue weighted by Gasteiger charge is -2.35. The monoisotopic (exact) mass is 451 g/mol. The Morgan fingerprint density at radius 2 is 2.09 bits per heavy atom. The van der Waals surface area contributed by atoms with Crippen LogP contribution in [0, 0.1) is 18.8 Å². The first-order valence-corrected chi connectivity index (χ1v) is 11.2. The van der Waals surface area contributed by atoms with Gasteiger partial charge in [-0.2, -0.15) is 0 Å². The van der Waals surface area contributed by atoms with Crippen LogP contribution < -0.4 is 16.0 Å². The zero-order valence-electron chi connectivity index (χ0n) is 18.2. The molecule has 3 aliphatic heterocycles. The second kappa shape index (κ2) is 8.19. The molecule has 32 heavy (non-hydrogen) atoms. The van der Waals surface area contributed by atoms with Crippen molar-refractivity contribution in [1.82, 2.24) is 10.5 Å². The van der Waals surface area contributed by atoms with E-state index in [0.717, 1.165) is 61.1 Å². The van der Waals surface area contributed by atoms with E-state index in [0.29, 0.717) is 17.5 Å². The highest BCUT2D eigenvalue weighted by Crippen LogP contribution is 2.48. The van der Waals surface area contributed by atoms with Gasteiger partial charge in [-0.1, -0.05) is 34.7 Å². The van der Waals surface area contributed by atoms with Gasteiger partial charge in [0.25, 0.3) is 0 Å². The van der Waals surface area contributed by atoms with Crippen molar-refractivity contribution in [2.45, 2.75) is 38.0 Å². The van der Waals surface area contributed by atoms with Crippen molar-refractivity contribution in [3.05, 3.63) is 57.7 Å². The third-order valence-electron chi connectivity index (χ3n) is 6.45. The molecule has 2 aromatic rings. The zero-order chi connectivity index (χ0) is 22.3. The average molecular weight is 452 g/mol. The number of fused-ring (bicyclic) bond motifs is 2. The fourth-order valence-electron chi connectivity index (χ4n) is 4.67. The van der Waals surface area contributed by atoms with E-state index < -0.39 is 0 Å². The fourth-order valence-corrected chi connectivity index (χ4v) is 4.88. The summed E-state index contributed by atoms with van der Waals surface area (Å²) in [6.07, 6.45) is 1.94. The smallest absolute Gasteiger partial charge is 0.194 e. The molecule has 1 aromatic carbocycles. The molecule has 0 radical (unpaired) electrons. The van der Waals surface area contributed by atoms with Crippen LogP contribution in [0.25, 0.3) is 0 Å². The molecular weight excluding hydrogens is 426 g/mol. The van der Waals surface area contributed by atoms with E-state index in [1.54, 1.807) is 0 Å². The summed E-state index contributed by atoms with van der Waals surface area (Å²) < 4.78 is 10.9. The lowest BCUT2D eigenvalue weighted by Crippen LogP contribution is -2.45. The van der Waals surface area contributed by atoms with Crippen LogP contribution in [0.3, 0.4) is 0 Å². The SMILES string of the molecule is Cc1cc(C(C)C#Cc2ccc3c(c2)N(C2=C(Cl)CN=C(N)N2)CC32CCOCC2)no1. The number of aromatic nitrogens is 1. The maximum Gasteiger partial charge on any atom is 0.194 e. The lowest BCUT2D eigenvalue weighted by atomic mass is 9.76. The second-order valence-electron chi connectivity index (χ2n) is 8.64. The molecule has 5 rings (SSSR count). The molecule has 0 saturated carbocycles. The Morgan fingerprint density at radius 1 is 1.28 bits per heavy atom. The van der Waals surface area contributed by atoms with Crippen molar-refractivity contribution >= 4 is 23.2 Å². The third kappa shape index (κ3) is 3.74. The Hall–Kier alpha value is -2.95. The summed E-state index contributed by atoms with van der Waals surface area (Å²) in [4.78, 5) is 6.44. The minimum absolute atomic E-state index is 0.0215. The van der Waals surface area contributed by atoms with Crippen LogP contribution >= 0.6 is 11.6 Å². The summed E-state index contributed by atoms with van der Waals surface area (Å²) in [5, 5.41) is 7.92. The van der Waals surface area contributed by atoms with Gasteiger partial charge in [0, 0.05) is 42.5 Å². The van der Waals surface area contributed by atoms with Crippen molar-refractivity contribution in [1.29, 1.82) is 0 Å². The molecule has 3 aliphatic rings. The van der Waals surface area contributed by atoms with Gasteiger partial charge in [0.05, 0.1) is 23.2 Å². The van der Waals surface area contributed by atoms with Crippen LogP contribution in [-0.4, -0.2) is 37.4 Å². The number of guanidine groups is 1. The lowest BCUT2D eigenvalue weighted by molar-refractivity contribution is 0.0556. The maximum atomic E-state index is 6.58. The number of nitrogens with zero attached hydrogens (tertiary/aromatic N) is 3. The van der Waals surface area contributed by atoms with Gasteiger partial charge in [0.1, 0.15) is 11.6 Å². The summed E-state index contributed by atoms with van der Waals surface area (Å²) >= 11 is 6.58. The maximum absolute atomic E-state index is 6.58. The van der Waals surface area contributed by atoms with Gasteiger partial charge in [-0.05, 0) is 44.4 Å². The zero-order valence-corrected chi connectivity index (χ0v) is 19.0. The Balaban J connectivity index is 1.52. The Morgan fingerprint density at radius 3 is 2.84 bits per heavy atom. The van der Waals surface area contributed by atoms with E-state index >= 15 is 0 Å². The van der Waals surface area contributed by atoms with Crippen molar-refractivity contribution < 1.29 is 9.26 Å². The molecular formula is C24H26ClN5O2. The highest BCUT2D eigenvalue weighted by Gasteiger charge is 2.45. The van der Waals surface area contributed by atoms with Crippen LogP contribution in [0.15, 0.2) is 44.6 Å². The number of nitrogens with one attached hydrogen (secondary N) is 1. The molecule has 166 valence electrons. The number of nitrogens with two attached hydrogens (primary N) is 1. The number of anilines is 1. The number of aliphatic imine (C=N–C) groups is 1. The van der Waals surface area contributed by atoms with Gasteiger partial charge in [-0.3, -0.25) is 0 Å². The summed E-state index contributed by atoms with van der Waals surface area (Å²) in [5.74, 6) is 8.57. The van der Waals surface area contributed by atoms with E-state index in [9.17, 15) is 0 Å². The van der Waals surface area contributed by atoms with Crippen LogP contribution in [-0.2, 0) is 10.2 Å². The molecule has 1 spiro atoms. The van der Waals surface area contributed by atoms with Gasteiger partial charge < -0.3 is 25.2 Å². The van der Waals surface area contributed by atoms with Gasteiger partial charge in [-0.25, -0.2) is 4.99 Å². The van der Waals surface area contributed by atoms with Gasteiger partial charge in [-0.15, -0.1) is 0 Å². The van der Waals surface area contributed by atoms with E-state index in [4.69, 9.17) is 26.6 Å². The molecule has 0 aliphatic carbocycles. The Kier molecular flexibility index (Phi) is 5.36. The van der Waals surface area contributed by atoms with E-state index in [2.05, 4.69) is 50.4 Å². The van der Waals surface area contributed by atoms with E-state index in [-0.39, 0.29) is 11.3 Å². The Bertz CT molecular complexity index is 1170. The number of hydrogen-bond acceptors (Lipinski definition) is 7. The quantitative estimate of drug-likeness (QED) is 0.681. The summed E-state index contributed by atoms with van der Waals surface area (Å²) in [6.45, 7) is 6.63. The molecule has 4 heterocycles. The molecule has 3 N–H and O–H groups in total. The van der Waals surface area contributed by atoms with Crippen molar-refractivity contribution in [3.63, 3.8) is 0 Å². The Labute approximate surface area is 192 Å². The number of hydrogen-bond donors (Lipinski definition) is 2. The van der Waals surface area contributed by atoms with Crippen molar-refractivity contribution in [2.24, 2.45) is 10.7 Å². The number of halogens is 1. The largest absolute Gasteiger partial charge is 0.381 e. The first-order valence-electron chi connectivity index (χ1n) is 10.9. The molecule has 1 aromatic heterocycles. The highest BCUT2D eigenvalue weighted by atomic mass is 35.5. The summed E-state index contributed by atoms with van der Waals surface area (Å²) in [7, 11) is 0. The molecule has 8 heteroatoms. The second-order valence-corrected chi connectivity index (χ2v) is 9.10. The van der Waals surface area contributed by atoms with Crippen LogP contribution in [0.5, 0.6) is 0 Å². The minimum atomic E-state index is -0.0215. The van der Waals surface area contributed by atoms with Crippen LogP contribution in [0.4, 0.5) is 5.69 Å². The fraction of sp³-hybridized carbons (Fsp3) is 0.417. The van der Waals surface area contributed by atoms with Crippen molar-refractivity contribution in [2.75, 3.05) is 31.2 Å². The van der Waals surface area contributed by atoms with E-state index in [1.807, 2.05) is 19.9 Å². The first kappa shape index (κ1) is 20.9. The molecule has 1 fully saturated rings. The molecule has 0 amide bonds. The van der Waals surface area contributed by atoms with Crippen molar-refractivity contribution in [3.8, 4) is 11.8 Å². The number of benzene rings is 1. The predicted octanol–water partition coefficient (Wildman–Crippen LogP) is 3.33. The minimum Gasteiger partial charge on any atom is -0.381 e. The number of ether oxygens (including phenoxy) is 1. The summed E-state index contributed by atoms with van der Waals surface area (Å²) in [5.41, 5.74) is 10.2. The highest BCUT2D eigenvalue weighted by molar-refractivity contribution is 6.30. The molecule has 1 unspecified atom stereocenters. The summed E-state index contributed by atoms with van der Waals surface area (Å²) in [6, 6.07) is 8.39. The average Bonchev–Trinajstić information content (AvgIpc) is 3.36. The van der Waals surface area contributed by atoms with Gasteiger partial charge >= 0.3 is 0 Å². The number of rotatable bonds is 2. The predicted molar refractivity (Wildman–Crippen MR) is 125 cm³/mol. The molecule has 1 saturated heterocycles. The molecule has 1 atom stereocenters. The standard InChI is InChI=1S/C24H26ClN5O2/c1-15(20-11-16(2)32-29-20)3-4-17-5-6-18-21(12-17)30(14-24(18)7-9-31-10-8-24)22-19(25)13-27-23(26)28-22/h5-6,11-12,15H,7-10,13-14H2,1-2H3,(H3,26,27,28). The third-order valence-corrected chi connectivity index (χ3v) is 6.75. The first-order chi connectivity index (χ1) is 15.4. The molecule has 0 bridgehead atoms. The van der Waals surface area contributed by atoms with E-state index in [1.165, 1.54) is 5.56 Å². The number of aryl methyl sites for hydroxylation is 1. The van der Waals surface area contributed by atoms with Crippen LogP contribution in [0.2, 0.25) is 0 Å². The van der Waals surface area contributed by atoms with Gasteiger partial charge in [0.2, 0.25) is 0 Å².